The maximum absolute atomic E-state index is 10.7. The van der Waals surface area contributed by atoms with Crippen molar-refractivity contribution in [1.82, 2.24) is 0 Å². The predicted molar refractivity (Wildman–Crippen MR) is 80.7 cm³/mol. The van der Waals surface area contributed by atoms with E-state index in [2.05, 4.69) is 0 Å². The largest absolute Gasteiger partial charge is 0.508 e. The summed E-state index contributed by atoms with van der Waals surface area (Å²) in [4.78, 5) is 10.7. The Labute approximate surface area is 121 Å². The number of aromatic carboxylic acids is 1. The molecule has 0 spiro atoms. The molecule has 0 bridgehead atoms. The van der Waals surface area contributed by atoms with Crippen molar-refractivity contribution in [3.63, 3.8) is 0 Å². The van der Waals surface area contributed by atoms with Crippen LogP contribution in [0.4, 0.5) is 0 Å². The lowest BCUT2D eigenvalue weighted by Crippen LogP contribution is -1.96. The van der Waals surface area contributed by atoms with Crippen LogP contribution in [0.15, 0.2) is 66.7 Å². The fourth-order valence-electron chi connectivity index (χ4n) is 1.86. The molecule has 0 amide bonds. The SMILES string of the molecule is O=C(O)c1ccc2ccccc2c1O.Oc1ccccc1. The number of benzene rings is 3. The van der Waals surface area contributed by atoms with Gasteiger partial charge in [-0.3, -0.25) is 0 Å². The normalized spacial score (nSPS) is 9.71. The first-order valence-corrected chi connectivity index (χ1v) is 6.27. The minimum Gasteiger partial charge on any atom is -0.508 e. The van der Waals surface area contributed by atoms with E-state index in [0.717, 1.165) is 5.39 Å². The molecule has 3 aromatic rings. The van der Waals surface area contributed by atoms with Crippen molar-refractivity contribution >= 4 is 16.7 Å². The number of hydrogen-bond donors (Lipinski definition) is 3. The highest BCUT2D eigenvalue weighted by atomic mass is 16.4. The van der Waals surface area contributed by atoms with Gasteiger partial charge in [0.25, 0.3) is 0 Å². The maximum Gasteiger partial charge on any atom is 0.339 e. The van der Waals surface area contributed by atoms with E-state index >= 15 is 0 Å². The van der Waals surface area contributed by atoms with Crippen LogP contribution in [0.2, 0.25) is 0 Å². The molecule has 0 aliphatic carbocycles. The van der Waals surface area contributed by atoms with E-state index in [-0.39, 0.29) is 11.3 Å². The summed E-state index contributed by atoms with van der Waals surface area (Å²) < 4.78 is 0. The summed E-state index contributed by atoms with van der Waals surface area (Å²) in [6, 6.07) is 18.9. The highest BCUT2D eigenvalue weighted by molar-refractivity contribution is 6.00. The molecular formula is C17H14O4. The lowest BCUT2D eigenvalue weighted by atomic mass is 10.1. The highest BCUT2D eigenvalue weighted by Crippen LogP contribution is 2.28. The van der Waals surface area contributed by atoms with E-state index in [0.29, 0.717) is 11.1 Å². The number of hydrogen-bond acceptors (Lipinski definition) is 3. The van der Waals surface area contributed by atoms with Gasteiger partial charge in [0.2, 0.25) is 0 Å². The van der Waals surface area contributed by atoms with Crippen LogP contribution in [-0.2, 0) is 0 Å². The van der Waals surface area contributed by atoms with Gasteiger partial charge in [-0.05, 0) is 23.6 Å². The van der Waals surface area contributed by atoms with Gasteiger partial charge < -0.3 is 15.3 Å². The van der Waals surface area contributed by atoms with Crippen LogP contribution in [0.25, 0.3) is 10.8 Å². The second kappa shape index (κ2) is 6.43. The summed E-state index contributed by atoms with van der Waals surface area (Å²) >= 11 is 0. The van der Waals surface area contributed by atoms with Crippen molar-refractivity contribution in [3.05, 3.63) is 72.3 Å². The number of carboxylic acid groups (broad SMARTS) is 1. The third-order valence-corrected chi connectivity index (χ3v) is 2.89. The van der Waals surface area contributed by atoms with E-state index < -0.39 is 5.97 Å². The highest BCUT2D eigenvalue weighted by Gasteiger charge is 2.11. The second-order valence-electron chi connectivity index (χ2n) is 4.32. The van der Waals surface area contributed by atoms with Crippen LogP contribution in [0.3, 0.4) is 0 Å². The van der Waals surface area contributed by atoms with Gasteiger partial charge in [-0.25, -0.2) is 4.79 Å². The van der Waals surface area contributed by atoms with Gasteiger partial charge in [0, 0.05) is 5.39 Å². The number of carbonyl (C=O) groups is 1. The molecule has 0 heterocycles. The van der Waals surface area contributed by atoms with Crippen LogP contribution < -0.4 is 0 Å². The van der Waals surface area contributed by atoms with E-state index in [1.165, 1.54) is 6.07 Å². The number of fused-ring (bicyclic) bond motifs is 1. The van der Waals surface area contributed by atoms with Gasteiger partial charge in [-0.1, -0.05) is 48.5 Å². The smallest absolute Gasteiger partial charge is 0.339 e. The van der Waals surface area contributed by atoms with Gasteiger partial charge in [0.15, 0.2) is 0 Å². The molecule has 0 fully saturated rings. The Morgan fingerprint density at radius 3 is 1.95 bits per heavy atom. The molecule has 21 heavy (non-hydrogen) atoms. The Hall–Kier alpha value is -3.01. The number of phenolic OH excluding ortho intramolecular Hbond substituents is 1. The zero-order valence-electron chi connectivity index (χ0n) is 11.1. The van der Waals surface area contributed by atoms with Crippen LogP contribution in [0, 0.1) is 0 Å². The molecule has 4 nitrogen and oxygen atoms in total. The lowest BCUT2D eigenvalue weighted by molar-refractivity contribution is 0.0694. The number of rotatable bonds is 1. The number of aromatic hydroxyl groups is 2. The molecule has 0 aliphatic rings. The summed E-state index contributed by atoms with van der Waals surface area (Å²) in [6.45, 7) is 0. The van der Waals surface area contributed by atoms with Crippen molar-refractivity contribution in [1.29, 1.82) is 0 Å². The third-order valence-electron chi connectivity index (χ3n) is 2.89. The van der Waals surface area contributed by atoms with E-state index in [1.54, 1.807) is 42.5 Å². The van der Waals surface area contributed by atoms with Gasteiger partial charge in [0.05, 0.1) is 0 Å². The van der Waals surface area contributed by atoms with Crippen molar-refractivity contribution in [2.75, 3.05) is 0 Å². The lowest BCUT2D eigenvalue weighted by Gasteiger charge is -2.03. The quantitative estimate of drug-likeness (QED) is 0.637. The van der Waals surface area contributed by atoms with E-state index in [9.17, 15) is 9.90 Å². The molecule has 0 atom stereocenters. The van der Waals surface area contributed by atoms with Crippen molar-refractivity contribution in [2.45, 2.75) is 0 Å². The minimum atomic E-state index is -1.12. The number of para-hydroxylation sites is 1. The summed E-state index contributed by atoms with van der Waals surface area (Å²) in [6.07, 6.45) is 0. The summed E-state index contributed by atoms with van der Waals surface area (Å²) in [5.41, 5.74) is -0.0660. The van der Waals surface area contributed by atoms with Gasteiger partial charge in [-0.15, -0.1) is 0 Å². The first-order valence-electron chi connectivity index (χ1n) is 6.27. The molecule has 0 unspecified atom stereocenters. The Kier molecular flexibility index (Phi) is 4.41. The standard InChI is InChI=1S/C11H8O3.C6H6O/c12-10-8-4-2-1-3-7(8)5-6-9(10)11(13)14;7-6-4-2-1-3-5-6/h1-6,12H,(H,13,14);1-5,7H. The van der Waals surface area contributed by atoms with E-state index in [4.69, 9.17) is 10.2 Å². The molecule has 3 aromatic carbocycles. The topological polar surface area (TPSA) is 77.8 Å². The molecular weight excluding hydrogens is 268 g/mol. The minimum absolute atomic E-state index is 0.0660. The van der Waals surface area contributed by atoms with Gasteiger partial charge in [-0.2, -0.15) is 0 Å². The zero-order valence-corrected chi connectivity index (χ0v) is 11.1. The molecule has 3 rings (SSSR count). The van der Waals surface area contributed by atoms with E-state index in [1.807, 2.05) is 18.2 Å². The zero-order chi connectivity index (χ0) is 15.2. The molecule has 0 saturated heterocycles. The summed E-state index contributed by atoms with van der Waals surface area (Å²) in [5.74, 6) is -0.966. The Bertz CT molecular complexity index is 751. The molecule has 0 saturated carbocycles. The number of carboxylic acids is 1. The first-order chi connectivity index (χ1) is 10.1. The van der Waals surface area contributed by atoms with Crippen LogP contribution in [0.1, 0.15) is 10.4 Å². The van der Waals surface area contributed by atoms with Crippen LogP contribution >= 0.6 is 0 Å². The fourth-order valence-corrected chi connectivity index (χ4v) is 1.86. The van der Waals surface area contributed by atoms with Crippen LogP contribution in [0.5, 0.6) is 11.5 Å². The molecule has 4 heteroatoms. The Balaban J connectivity index is 0.000000194. The fraction of sp³-hybridized carbons (Fsp3) is 0. The van der Waals surface area contributed by atoms with Crippen molar-refractivity contribution in [2.24, 2.45) is 0 Å². The summed E-state index contributed by atoms with van der Waals surface area (Å²) in [5, 5.41) is 28.4. The average Bonchev–Trinajstić information content (AvgIpc) is 2.49. The number of phenols is 2. The first kappa shape index (κ1) is 14.4. The molecule has 0 radical (unpaired) electrons. The average molecular weight is 282 g/mol. The van der Waals surface area contributed by atoms with Crippen LogP contribution in [-0.4, -0.2) is 21.3 Å². The Morgan fingerprint density at radius 1 is 0.762 bits per heavy atom. The van der Waals surface area contributed by atoms with Crippen molar-refractivity contribution < 1.29 is 20.1 Å². The second-order valence-corrected chi connectivity index (χ2v) is 4.32. The maximum atomic E-state index is 10.7. The van der Waals surface area contributed by atoms with Crippen molar-refractivity contribution in [3.8, 4) is 11.5 Å². The molecule has 3 N–H and O–H groups in total. The van der Waals surface area contributed by atoms with Gasteiger partial charge >= 0.3 is 5.97 Å². The van der Waals surface area contributed by atoms with Gasteiger partial charge in [0.1, 0.15) is 17.1 Å². The predicted octanol–water partition coefficient (Wildman–Crippen LogP) is 3.64. The monoisotopic (exact) mass is 282 g/mol. The molecule has 0 aliphatic heterocycles. The third kappa shape index (κ3) is 3.51. The molecule has 106 valence electrons. The summed E-state index contributed by atoms with van der Waals surface area (Å²) in [7, 11) is 0. The Morgan fingerprint density at radius 2 is 1.38 bits per heavy atom. The molecule has 0 aromatic heterocycles.